The lowest BCUT2D eigenvalue weighted by Crippen LogP contribution is -2.46. The summed E-state index contributed by atoms with van der Waals surface area (Å²) in [5.74, 6) is -1.18. The Morgan fingerprint density at radius 1 is 1.25 bits per heavy atom. The van der Waals surface area contributed by atoms with Crippen LogP contribution in [0.5, 0.6) is 0 Å². The molecule has 2 saturated heterocycles. The van der Waals surface area contributed by atoms with Crippen molar-refractivity contribution < 1.29 is 33.6 Å². The lowest BCUT2D eigenvalue weighted by molar-refractivity contribution is -0.195. The highest BCUT2D eigenvalue weighted by atomic mass is 16.8. The maximum absolute atomic E-state index is 12.4. The van der Waals surface area contributed by atoms with Crippen LogP contribution in [0, 0.1) is 0 Å². The van der Waals surface area contributed by atoms with Gasteiger partial charge in [-0.1, -0.05) is 0 Å². The van der Waals surface area contributed by atoms with Crippen LogP contribution in [0.3, 0.4) is 0 Å². The molecule has 0 radical (unpaired) electrons. The topological polar surface area (TPSA) is 185 Å². The van der Waals surface area contributed by atoms with Crippen molar-refractivity contribution in [2.75, 3.05) is 18.8 Å². The van der Waals surface area contributed by atoms with Crippen LogP contribution in [0.15, 0.2) is 12.7 Å². The van der Waals surface area contributed by atoms with Gasteiger partial charge in [0, 0.05) is 6.54 Å². The number of nitrogen functional groups attached to an aromatic ring is 1. The Hall–Kier alpha value is -3.07. The highest BCUT2D eigenvalue weighted by Gasteiger charge is 2.56. The Labute approximate surface area is 207 Å². The number of nitrogens with one attached hydrogen (secondary N) is 2. The number of nitrogens with two attached hydrogens (primary N) is 1. The number of esters is 1. The molecule has 2 fully saturated rings. The summed E-state index contributed by atoms with van der Waals surface area (Å²) in [6, 6.07) is -1.01. The molecule has 2 aromatic heterocycles. The predicted octanol–water partition coefficient (Wildman–Crippen LogP) is 0.784. The maximum Gasteiger partial charge on any atom is 0.405 e. The summed E-state index contributed by atoms with van der Waals surface area (Å²) in [6.45, 7) is 9.54. The number of ether oxygens (including phenoxy) is 4. The van der Waals surface area contributed by atoms with E-state index in [1.807, 2.05) is 13.8 Å². The van der Waals surface area contributed by atoms with Gasteiger partial charge < -0.3 is 40.4 Å². The van der Waals surface area contributed by atoms with E-state index in [0.717, 1.165) is 0 Å². The van der Waals surface area contributed by atoms with Crippen LogP contribution in [0.4, 0.5) is 10.6 Å². The van der Waals surface area contributed by atoms with Crippen LogP contribution >= 0.6 is 0 Å². The van der Waals surface area contributed by atoms with E-state index in [1.165, 1.54) is 6.33 Å². The highest BCUT2D eigenvalue weighted by molar-refractivity contribution is 5.81. The van der Waals surface area contributed by atoms with Crippen molar-refractivity contribution in [3.8, 4) is 0 Å². The third-order valence-corrected chi connectivity index (χ3v) is 5.73. The minimum Gasteiger partial charge on any atom is -0.465 e. The fourth-order valence-electron chi connectivity index (χ4n) is 4.37. The average molecular weight is 508 g/mol. The minimum absolute atomic E-state index is 0.191. The summed E-state index contributed by atoms with van der Waals surface area (Å²) in [5.41, 5.74) is 6.19. The van der Waals surface area contributed by atoms with Crippen molar-refractivity contribution in [3.63, 3.8) is 0 Å². The quantitative estimate of drug-likeness (QED) is 0.291. The van der Waals surface area contributed by atoms with Crippen LogP contribution in [0.25, 0.3) is 11.2 Å². The van der Waals surface area contributed by atoms with Gasteiger partial charge in [0.25, 0.3) is 0 Å². The smallest absolute Gasteiger partial charge is 0.405 e. The van der Waals surface area contributed by atoms with Gasteiger partial charge in [-0.25, -0.2) is 24.5 Å². The van der Waals surface area contributed by atoms with Crippen LogP contribution in [-0.2, 0) is 23.7 Å². The molecular formula is C22H33N7O7. The lowest BCUT2D eigenvalue weighted by Gasteiger charge is -2.25. The molecule has 4 heterocycles. The number of fused-ring (bicyclic) bond motifs is 2. The fraction of sp³-hybridized carbons (Fsp3) is 0.682. The standard InChI is InChI=1S/C22H33N7O7/c1-21(2,3)36-19(30)11(28-20(31)32)6-7-24-8-12-14-15(35-22(4,5)34-14)18(33-12)29-10-27-13-16(23)25-9-26-17(13)29/h9-12,14-15,18,24,28H,6-8H2,1-5H3,(H,31,32)(H2,23,25,26)/t11?,12-,14-,15-,18-/m1/s1. The number of amides is 1. The Kier molecular flexibility index (Phi) is 7.05. The van der Waals surface area contributed by atoms with E-state index in [1.54, 1.807) is 31.7 Å². The summed E-state index contributed by atoms with van der Waals surface area (Å²) in [7, 11) is 0. The molecule has 0 saturated carbocycles. The number of hydrogen-bond acceptors (Lipinski definition) is 11. The zero-order valence-electron chi connectivity index (χ0n) is 20.9. The monoisotopic (exact) mass is 507 g/mol. The highest BCUT2D eigenvalue weighted by Crippen LogP contribution is 2.43. The second kappa shape index (κ2) is 9.76. The normalized spacial score (nSPS) is 26.0. The van der Waals surface area contributed by atoms with Gasteiger partial charge >= 0.3 is 12.1 Å². The molecule has 4 rings (SSSR count). The average Bonchev–Trinajstić information content (AvgIpc) is 3.40. The predicted molar refractivity (Wildman–Crippen MR) is 126 cm³/mol. The molecule has 5 atom stereocenters. The van der Waals surface area contributed by atoms with E-state index in [9.17, 15) is 9.59 Å². The molecule has 0 spiro atoms. The zero-order valence-corrected chi connectivity index (χ0v) is 20.9. The largest absolute Gasteiger partial charge is 0.465 e. The van der Waals surface area contributed by atoms with Crippen LogP contribution in [0.1, 0.15) is 47.3 Å². The molecule has 14 heteroatoms. The van der Waals surface area contributed by atoms with Crippen molar-refractivity contribution in [2.45, 2.75) is 83.0 Å². The molecule has 1 unspecified atom stereocenters. The summed E-state index contributed by atoms with van der Waals surface area (Å²) in [5, 5.41) is 14.6. The van der Waals surface area contributed by atoms with Crippen LogP contribution in [-0.4, -0.2) is 85.5 Å². The number of nitrogens with zero attached hydrogens (tertiary/aromatic N) is 4. The summed E-state index contributed by atoms with van der Waals surface area (Å²) in [4.78, 5) is 36.2. The van der Waals surface area contributed by atoms with E-state index < -0.39 is 47.9 Å². The van der Waals surface area contributed by atoms with Crippen molar-refractivity contribution in [2.24, 2.45) is 0 Å². The fourth-order valence-corrected chi connectivity index (χ4v) is 4.37. The van der Waals surface area contributed by atoms with E-state index in [4.69, 9.17) is 29.8 Å². The first-order chi connectivity index (χ1) is 16.8. The summed E-state index contributed by atoms with van der Waals surface area (Å²) in [6.07, 6.45) is 0.0743. The number of carbonyl (C=O) groups is 2. The summed E-state index contributed by atoms with van der Waals surface area (Å²) >= 11 is 0. The summed E-state index contributed by atoms with van der Waals surface area (Å²) < 4.78 is 25.7. The molecule has 5 N–H and O–H groups in total. The number of imidazole rings is 1. The van der Waals surface area contributed by atoms with E-state index in [0.29, 0.717) is 24.3 Å². The first-order valence-electron chi connectivity index (χ1n) is 11.7. The van der Waals surface area contributed by atoms with E-state index >= 15 is 0 Å². The van der Waals surface area contributed by atoms with Gasteiger partial charge in [0.05, 0.1) is 6.33 Å². The molecule has 198 valence electrons. The molecular weight excluding hydrogens is 474 g/mol. The Morgan fingerprint density at radius 3 is 2.67 bits per heavy atom. The van der Waals surface area contributed by atoms with Crippen molar-refractivity contribution in [3.05, 3.63) is 12.7 Å². The number of carbonyl (C=O) groups excluding carboxylic acids is 1. The van der Waals surface area contributed by atoms with Crippen LogP contribution < -0.4 is 16.4 Å². The second-order valence-corrected chi connectivity index (χ2v) is 10.2. The SMILES string of the molecule is CC(C)(C)OC(=O)C(CCNC[C@H]1O[C@@H](n2cnc3c(N)ncnc32)[C@@H]2OC(C)(C)O[C@@H]21)NC(=O)O. The Bertz CT molecular complexity index is 1120. The first kappa shape index (κ1) is 26.0. The van der Waals surface area contributed by atoms with Gasteiger partial charge in [-0.2, -0.15) is 0 Å². The van der Waals surface area contributed by atoms with Crippen molar-refractivity contribution >= 4 is 29.0 Å². The van der Waals surface area contributed by atoms with E-state index in [2.05, 4.69) is 25.6 Å². The van der Waals surface area contributed by atoms with Gasteiger partial charge in [0.2, 0.25) is 0 Å². The third kappa shape index (κ3) is 5.67. The number of carboxylic acid groups (broad SMARTS) is 1. The second-order valence-electron chi connectivity index (χ2n) is 10.2. The van der Waals surface area contributed by atoms with Crippen molar-refractivity contribution in [1.82, 2.24) is 30.2 Å². The molecule has 0 aromatic carbocycles. The van der Waals surface area contributed by atoms with Gasteiger partial charge in [-0.05, 0) is 47.6 Å². The van der Waals surface area contributed by atoms with Gasteiger partial charge in [-0.3, -0.25) is 4.57 Å². The zero-order chi connectivity index (χ0) is 26.3. The molecule has 2 aromatic rings. The van der Waals surface area contributed by atoms with Gasteiger partial charge in [0.15, 0.2) is 23.5 Å². The number of aromatic nitrogens is 4. The molecule has 2 aliphatic heterocycles. The molecule has 14 nitrogen and oxygen atoms in total. The number of anilines is 1. The van der Waals surface area contributed by atoms with Crippen LogP contribution in [0.2, 0.25) is 0 Å². The number of hydrogen-bond donors (Lipinski definition) is 4. The maximum atomic E-state index is 12.4. The third-order valence-electron chi connectivity index (χ3n) is 5.73. The number of rotatable bonds is 8. The van der Waals surface area contributed by atoms with Crippen molar-refractivity contribution in [1.29, 1.82) is 0 Å². The molecule has 1 amide bonds. The first-order valence-corrected chi connectivity index (χ1v) is 11.7. The minimum atomic E-state index is -1.30. The van der Waals surface area contributed by atoms with E-state index in [-0.39, 0.29) is 18.3 Å². The molecule has 0 aliphatic carbocycles. The molecule has 0 bridgehead atoms. The molecule has 36 heavy (non-hydrogen) atoms. The Balaban J connectivity index is 1.41. The Morgan fingerprint density at radius 2 is 1.97 bits per heavy atom. The van der Waals surface area contributed by atoms with Gasteiger partial charge in [-0.15, -0.1) is 0 Å². The van der Waals surface area contributed by atoms with Gasteiger partial charge in [0.1, 0.15) is 41.8 Å². The lowest BCUT2D eigenvalue weighted by atomic mass is 10.1. The molecule has 2 aliphatic rings.